The zero-order valence-electron chi connectivity index (χ0n) is 10.5. The topological polar surface area (TPSA) is 62.1 Å². The van der Waals surface area contributed by atoms with Gasteiger partial charge in [0, 0.05) is 5.56 Å². The third kappa shape index (κ3) is 3.20. The standard InChI is InChI=1S/C13H15FN2O2/c1-8(2)11(7-15)16-13(17)9-4-5-12(18-3)10(14)6-9/h4-6,8,11H,1-3H3,(H,16,17). The summed E-state index contributed by atoms with van der Waals surface area (Å²) >= 11 is 0. The summed E-state index contributed by atoms with van der Waals surface area (Å²) in [4.78, 5) is 11.8. The molecule has 0 saturated carbocycles. The highest BCUT2D eigenvalue weighted by Crippen LogP contribution is 2.17. The zero-order chi connectivity index (χ0) is 13.7. The molecule has 0 saturated heterocycles. The van der Waals surface area contributed by atoms with Crippen LogP contribution in [0, 0.1) is 23.1 Å². The number of benzene rings is 1. The molecule has 0 spiro atoms. The monoisotopic (exact) mass is 250 g/mol. The van der Waals surface area contributed by atoms with E-state index in [9.17, 15) is 9.18 Å². The molecule has 0 aliphatic carbocycles. The Morgan fingerprint density at radius 3 is 2.61 bits per heavy atom. The van der Waals surface area contributed by atoms with Gasteiger partial charge >= 0.3 is 0 Å². The van der Waals surface area contributed by atoms with Gasteiger partial charge in [-0.3, -0.25) is 4.79 Å². The van der Waals surface area contributed by atoms with Crippen molar-refractivity contribution in [3.05, 3.63) is 29.6 Å². The number of carbonyl (C=O) groups excluding carboxylic acids is 1. The van der Waals surface area contributed by atoms with Crippen LogP contribution in [0.2, 0.25) is 0 Å². The van der Waals surface area contributed by atoms with E-state index in [1.165, 1.54) is 19.2 Å². The molecular formula is C13H15FN2O2. The second kappa shape index (κ2) is 6.01. The lowest BCUT2D eigenvalue weighted by atomic mass is 10.1. The van der Waals surface area contributed by atoms with E-state index in [1.807, 2.05) is 19.9 Å². The highest BCUT2D eigenvalue weighted by Gasteiger charge is 2.17. The van der Waals surface area contributed by atoms with E-state index in [2.05, 4.69) is 5.32 Å². The maximum atomic E-state index is 13.4. The van der Waals surface area contributed by atoms with Gasteiger partial charge in [0.2, 0.25) is 0 Å². The van der Waals surface area contributed by atoms with Crippen LogP contribution in [0.3, 0.4) is 0 Å². The number of carbonyl (C=O) groups is 1. The quantitative estimate of drug-likeness (QED) is 0.890. The van der Waals surface area contributed by atoms with Crippen molar-refractivity contribution in [2.45, 2.75) is 19.9 Å². The van der Waals surface area contributed by atoms with Crippen LogP contribution >= 0.6 is 0 Å². The number of hydrogen-bond acceptors (Lipinski definition) is 3. The lowest BCUT2D eigenvalue weighted by Gasteiger charge is -2.15. The van der Waals surface area contributed by atoms with Crippen molar-refractivity contribution in [2.75, 3.05) is 7.11 Å². The summed E-state index contributed by atoms with van der Waals surface area (Å²) in [5, 5.41) is 11.4. The number of halogens is 1. The van der Waals surface area contributed by atoms with Crippen LogP contribution in [0.4, 0.5) is 4.39 Å². The Kier molecular flexibility index (Phi) is 4.67. The molecule has 18 heavy (non-hydrogen) atoms. The number of methoxy groups -OCH3 is 1. The van der Waals surface area contributed by atoms with E-state index < -0.39 is 17.8 Å². The van der Waals surface area contributed by atoms with Gasteiger partial charge in [-0.15, -0.1) is 0 Å². The zero-order valence-corrected chi connectivity index (χ0v) is 10.5. The van der Waals surface area contributed by atoms with E-state index in [1.54, 1.807) is 0 Å². The average molecular weight is 250 g/mol. The Bertz CT molecular complexity index is 480. The Morgan fingerprint density at radius 2 is 2.17 bits per heavy atom. The molecule has 0 aromatic heterocycles. The SMILES string of the molecule is COc1ccc(C(=O)NC(C#N)C(C)C)cc1F. The van der Waals surface area contributed by atoms with Crippen LogP contribution in [0.1, 0.15) is 24.2 Å². The highest BCUT2D eigenvalue weighted by atomic mass is 19.1. The number of nitrogens with zero attached hydrogens (tertiary/aromatic N) is 1. The molecule has 1 amide bonds. The largest absolute Gasteiger partial charge is 0.494 e. The molecule has 0 aliphatic heterocycles. The first-order chi connectivity index (χ1) is 8.49. The molecule has 0 aliphatic rings. The summed E-state index contributed by atoms with van der Waals surface area (Å²) in [5.74, 6) is -1.02. The normalized spacial score (nSPS) is 11.8. The molecule has 1 aromatic carbocycles. The third-order valence-corrected chi connectivity index (χ3v) is 2.51. The highest BCUT2D eigenvalue weighted by molar-refractivity contribution is 5.94. The Hall–Kier alpha value is -2.09. The minimum Gasteiger partial charge on any atom is -0.494 e. The van der Waals surface area contributed by atoms with Crippen molar-refractivity contribution in [2.24, 2.45) is 5.92 Å². The van der Waals surface area contributed by atoms with Crippen LogP contribution in [0.25, 0.3) is 0 Å². The lowest BCUT2D eigenvalue weighted by Crippen LogP contribution is -2.37. The molecule has 96 valence electrons. The van der Waals surface area contributed by atoms with Gasteiger partial charge in [-0.05, 0) is 24.1 Å². The molecule has 1 rings (SSSR count). The van der Waals surface area contributed by atoms with Crippen LogP contribution in [0.5, 0.6) is 5.75 Å². The minimum atomic E-state index is -0.608. The summed E-state index contributed by atoms with van der Waals surface area (Å²) in [6, 6.07) is 5.31. The van der Waals surface area contributed by atoms with Gasteiger partial charge in [-0.25, -0.2) is 4.39 Å². The van der Waals surface area contributed by atoms with Gasteiger partial charge in [-0.2, -0.15) is 5.26 Å². The van der Waals surface area contributed by atoms with E-state index >= 15 is 0 Å². The number of nitrogens with one attached hydrogen (secondary N) is 1. The van der Waals surface area contributed by atoms with Crippen LogP contribution in [-0.2, 0) is 0 Å². The van der Waals surface area contributed by atoms with Crippen LogP contribution in [-0.4, -0.2) is 19.1 Å². The average Bonchev–Trinajstić information content (AvgIpc) is 2.35. The van der Waals surface area contributed by atoms with Gasteiger partial charge in [-0.1, -0.05) is 13.8 Å². The van der Waals surface area contributed by atoms with Crippen LogP contribution < -0.4 is 10.1 Å². The molecule has 0 fully saturated rings. The van der Waals surface area contributed by atoms with Crippen molar-refractivity contribution in [3.8, 4) is 11.8 Å². The van der Waals surface area contributed by atoms with Gasteiger partial charge in [0.15, 0.2) is 11.6 Å². The fourth-order valence-corrected chi connectivity index (χ4v) is 1.38. The first-order valence-electron chi connectivity index (χ1n) is 5.53. The van der Waals surface area contributed by atoms with E-state index in [-0.39, 0.29) is 17.2 Å². The fourth-order valence-electron chi connectivity index (χ4n) is 1.38. The summed E-state index contributed by atoms with van der Waals surface area (Å²) < 4.78 is 18.2. The second-order valence-corrected chi connectivity index (χ2v) is 4.17. The number of amides is 1. The van der Waals surface area contributed by atoms with Gasteiger partial charge in [0.1, 0.15) is 6.04 Å². The lowest BCUT2D eigenvalue weighted by molar-refractivity contribution is 0.0937. The van der Waals surface area contributed by atoms with E-state index in [0.29, 0.717) is 0 Å². The maximum absolute atomic E-state index is 13.4. The Morgan fingerprint density at radius 1 is 1.50 bits per heavy atom. The molecule has 1 aromatic rings. The second-order valence-electron chi connectivity index (χ2n) is 4.17. The molecule has 1 N–H and O–H groups in total. The van der Waals surface area contributed by atoms with Crippen LogP contribution in [0.15, 0.2) is 18.2 Å². The number of rotatable bonds is 4. The predicted octanol–water partition coefficient (Wildman–Crippen LogP) is 2.11. The first-order valence-corrected chi connectivity index (χ1v) is 5.53. The summed E-state index contributed by atoms with van der Waals surface area (Å²) in [7, 11) is 1.35. The molecular weight excluding hydrogens is 235 g/mol. The third-order valence-electron chi connectivity index (χ3n) is 2.51. The molecule has 0 bridgehead atoms. The van der Waals surface area contributed by atoms with Crippen molar-refractivity contribution < 1.29 is 13.9 Å². The van der Waals surface area contributed by atoms with Crippen molar-refractivity contribution >= 4 is 5.91 Å². The summed E-state index contributed by atoms with van der Waals surface area (Å²) in [6.45, 7) is 3.64. The van der Waals surface area contributed by atoms with Gasteiger partial charge in [0.05, 0.1) is 13.2 Å². The Balaban J connectivity index is 2.85. The number of nitriles is 1. The first kappa shape index (κ1) is 14.0. The maximum Gasteiger partial charge on any atom is 0.252 e. The minimum absolute atomic E-state index is 0.0120. The smallest absolute Gasteiger partial charge is 0.252 e. The molecule has 1 atom stereocenters. The predicted molar refractivity (Wildman–Crippen MR) is 64.7 cm³/mol. The number of hydrogen-bond donors (Lipinski definition) is 1. The number of ether oxygens (including phenoxy) is 1. The van der Waals surface area contributed by atoms with E-state index in [4.69, 9.17) is 10.00 Å². The van der Waals surface area contributed by atoms with Crippen molar-refractivity contribution in [1.29, 1.82) is 5.26 Å². The fraction of sp³-hybridized carbons (Fsp3) is 0.385. The van der Waals surface area contributed by atoms with Gasteiger partial charge in [0.25, 0.3) is 5.91 Å². The molecule has 5 heteroatoms. The molecule has 0 heterocycles. The Labute approximate surface area is 105 Å². The van der Waals surface area contributed by atoms with Crippen molar-refractivity contribution in [1.82, 2.24) is 5.32 Å². The summed E-state index contributed by atoms with van der Waals surface area (Å²) in [5.41, 5.74) is 0.161. The molecule has 1 unspecified atom stereocenters. The van der Waals surface area contributed by atoms with Gasteiger partial charge < -0.3 is 10.1 Å². The van der Waals surface area contributed by atoms with E-state index in [0.717, 1.165) is 6.07 Å². The van der Waals surface area contributed by atoms with Crippen molar-refractivity contribution in [3.63, 3.8) is 0 Å². The molecule has 0 radical (unpaired) electrons. The molecule has 4 nitrogen and oxygen atoms in total. The summed E-state index contributed by atoms with van der Waals surface area (Å²) in [6.07, 6.45) is 0.